The summed E-state index contributed by atoms with van der Waals surface area (Å²) in [6.07, 6.45) is 3.20. The van der Waals surface area contributed by atoms with Crippen molar-refractivity contribution in [1.82, 2.24) is 4.98 Å². The highest BCUT2D eigenvalue weighted by Crippen LogP contribution is 2.18. The number of ether oxygens (including phenoxy) is 1. The van der Waals surface area contributed by atoms with Crippen molar-refractivity contribution >= 4 is 11.6 Å². The van der Waals surface area contributed by atoms with Crippen molar-refractivity contribution in [3.05, 3.63) is 28.5 Å². The van der Waals surface area contributed by atoms with E-state index in [2.05, 4.69) is 11.1 Å². The summed E-state index contributed by atoms with van der Waals surface area (Å²) in [6.45, 7) is 2.86. The van der Waals surface area contributed by atoms with Gasteiger partial charge in [0.1, 0.15) is 5.15 Å². The van der Waals surface area contributed by atoms with Crippen molar-refractivity contribution in [2.75, 3.05) is 6.61 Å². The van der Waals surface area contributed by atoms with E-state index in [1.165, 1.54) is 5.56 Å². The lowest BCUT2D eigenvalue weighted by atomic mass is 10.1. The number of pyridine rings is 1. The van der Waals surface area contributed by atoms with Crippen LogP contribution in [0.3, 0.4) is 0 Å². The van der Waals surface area contributed by atoms with Crippen LogP contribution in [0.4, 0.5) is 0 Å². The number of halogens is 1. The van der Waals surface area contributed by atoms with Gasteiger partial charge in [-0.3, -0.25) is 0 Å². The molecule has 1 aliphatic rings. The quantitative estimate of drug-likeness (QED) is 0.518. The maximum absolute atomic E-state index is 5.79. The first-order valence-electron chi connectivity index (χ1n) is 3.98. The summed E-state index contributed by atoms with van der Waals surface area (Å²) in [5, 5.41) is 0.593. The van der Waals surface area contributed by atoms with E-state index in [-0.39, 0.29) is 0 Å². The predicted octanol–water partition coefficient (Wildman–Crippen LogP) is 1.98. The lowest BCUT2D eigenvalue weighted by Crippen LogP contribution is -1.94. The van der Waals surface area contributed by atoms with E-state index in [9.17, 15) is 0 Å². The Labute approximate surface area is 76.5 Å². The Morgan fingerprint density at radius 3 is 3.08 bits per heavy atom. The highest BCUT2D eigenvalue weighted by Gasteiger charge is 2.22. The monoisotopic (exact) mass is 183 g/mol. The number of epoxide rings is 1. The zero-order chi connectivity index (χ0) is 8.55. The molecule has 64 valence electrons. The van der Waals surface area contributed by atoms with Crippen LogP contribution in [0.5, 0.6) is 0 Å². The lowest BCUT2D eigenvalue weighted by Gasteiger charge is -2.00. The molecule has 3 heteroatoms. The highest BCUT2D eigenvalue weighted by atomic mass is 35.5. The van der Waals surface area contributed by atoms with Crippen LogP contribution in [0.15, 0.2) is 12.3 Å². The van der Waals surface area contributed by atoms with Crippen molar-refractivity contribution in [1.29, 1.82) is 0 Å². The van der Waals surface area contributed by atoms with Gasteiger partial charge in [0.05, 0.1) is 12.7 Å². The van der Waals surface area contributed by atoms with Gasteiger partial charge < -0.3 is 4.74 Å². The Hall–Kier alpha value is -0.600. The summed E-state index contributed by atoms with van der Waals surface area (Å²) in [4.78, 5) is 4.07. The first-order chi connectivity index (χ1) is 5.75. The fourth-order valence-electron chi connectivity index (χ4n) is 1.18. The standard InChI is InChI=1S/C9H10ClNO/c1-6-2-7(3-8-5-12-8)4-11-9(6)10/h2,4,8H,3,5H2,1H3. The Morgan fingerprint density at radius 1 is 1.75 bits per heavy atom. The minimum atomic E-state index is 0.423. The molecule has 2 rings (SSSR count). The van der Waals surface area contributed by atoms with Crippen molar-refractivity contribution in [3.63, 3.8) is 0 Å². The van der Waals surface area contributed by atoms with E-state index >= 15 is 0 Å². The molecule has 2 nitrogen and oxygen atoms in total. The van der Waals surface area contributed by atoms with Gasteiger partial charge in [0.15, 0.2) is 0 Å². The number of nitrogens with zero attached hydrogens (tertiary/aromatic N) is 1. The molecule has 1 aromatic rings. The largest absolute Gasteiger partial charge is 0.373 e. The molecule has 1 aliphatic heterocycles. The van der Waals surface area contributed by atoms with Gasteiger partial charge in [0.25, 0.3) is 0 Å². The molecule has 0 radical (unpaired) electrons. The smallest absolute Gasteiger partial charge is 0.131 e. The van der Waals surface area contributed by atoms with Gasteiger partial charge in [-0.2, -0.15) is 0 Å². The number of hydrogen-bond donors (Lipinski definition) is 0. The second kappa shape index (κ2) is 3.04. The van der Waals surface area contributed by atoms with Crippen molar-refractivity contribution in [3.8, 4) is 0 Å². The third-order valence-corrected chi connectivity index (χ3v) is 2.33. The van der Waals surface area contributed by atoms with Gasteiger partial charge in [0, 0.05) is 12.6 Å². The normalized spacial score (nSPS) is 21.0. The fourth-order valence-corrected chi connectivity index (χ4v) is 1.28. The first-order valence-corrected chi connectivity index (χ1v) is 4.36. The summed E-state index contributed by atoms with van der Waals surface area (Å²) in [5.41, 5.74) is 2.24. The zero-order valence-corrected chi connectivity index (χ0v) is 7.64. The van der Waals surface area contributed by atoms with Gasteiger partial charge in [-0.05, 0) is 18.1 Å². The fraction of sp³-hybridized carbons (Fsp3) is 0.444. The van der Waals surface area contributed by atoms with Gasteiger partial charge >= 0.3 is 0 Å². The van der Waals surface area contributed by atoms with E-state index in [4.69, 9.17) is 16.3 Å². The molecule has 1 fully saturated rings. The summed E-state index contributed by atoms with van der Waals surface area (Å²) in [5.74, 6) is 0. The number of aromatic nitrogens is 1. The molecule has 2 heterocycles. The van der Waals surface area contributed by atoms with Crippen LogP contribution in [0.25, 0.3) is 0 Å². The van der Waals surface area contributed by atoms with Crippen LogP contribution in [-0.4, -0.2) is 17.7 Å². The van der Waals surface area contributed by atoms with Gasteiger partial charge in [-0.25, -0.2) is 4.98 Å². The maximum Gasteiger partial charge on any atom is 0.131 e. The van der Waals surface area contributed by atoms with Crippen LogP contribution < -0.4 is 0 Å². The summed E-state index contributed by atoms with van der Waals surface area (Å²) in [7, 11) is 0. The number of rotatable bonds is 2. The molecule has 1 unspecified atom stereocenters. The maximum atomic E-state index is 5.79. The first kappa shape index (κ1) is 8.02. The van der Waals surface area contributed by atoms with Crippen molar-refractivity contribution in [2.45, 2.75) is 19.4 Å². The van der Waals surface area contributed by atoms with E-state index in [1.54, 1.807) is 0 Å². The van der Waals surface area contributed by atoms with E-state index in [1.807, 2.05) is 13.1 Å². The van der Waals surface area contributed by atoms with Crippen LogP contribution in [-0.2, 0) is 11.2 Å². The molecule has 0 saturated carbocycles. The van der Waals surface area contributed by atoms with Gasteiger partial charge in [0.2, 0.25) is 0 Å². The Bertz CT molecular complexity index is 297. The third kappa shape index (κ3) is 1.76. The number of aryl methyl sites for hydroxylation is 1. The summed E-state index contributed by atoms with van der Waals surface area (Å²) >= 11 is 5.79. The average molecular weight is 184 g/mol. The molecule has 1 saturated heterocycles. The van der Waals surface area contributed by atoms with Crippen LogP contribution in [0, 0.1) is 6.92 Å². The van der Waals surface area contributed by atoms with Crippen molar-refractivity contribution in [2.24, 2.45) is 0 Å². The summed E-state index contributed by atoms with van der Waals surface area (Å²) < 4.78 is 5.12. The topological polar surface area (TPSA) is 25.4 Å². The van der Waals surface area contributed by atoms with Crippen LogP contribution >= 0.6 is 11.6 Å². The van der Waals surface area contributed by atoms with Gasteiger partial charge in [-0.15, -0.1) is 0 Å². The molecule has 0 N–H and O–H groups in total. The van der Waals surface area contributed by atoms with Crippen LogP contribution in [0.2, 0.25) is 5.15 Å². The molecule has 0 amide bonds. The average Bonchev–Trinajstić information content (AvgIpc) is 2.81. The zero-order valence-electron chi connectivity index (χ0n) is 6.88. The summed E-state index contributed by atoms with van der Waals surface area (Å²) in [6, 6.07) is 2.07. The molecule has 12 heavy (non-hydrogen) atoms. The highest BCUT2D eigenvalue weighted by molar-refractivity contribution is 6.30. The molecule has 0 aliphatic carbocycles. The Morgan fingerprint density at radius 2 is 2.50 bits per heavy atom. The third-order valence-electron chi connectivity index (χ3n) is 1.94. The minimum absolute atomic E-state index is 0.423. The number of hydrogen-bond acceptors (Lipinski definition) is 2. The second-order valence-electron chi connectivity index (χ2n) is 3.11. The SMILES string of the molecule is Cc1cc(CC2CO2)cnc1Cl. The molecular formula is C9H10ClNO. The van der Waals surface area contributed by atoms with Crippen LogP contribution in [0.1, 0.15) is 11.1 Å². The lowest BCUT2D eigenvalue weighted by molar-refractivity contribution is 0.407. The molecular weight excluding hydrogens is 174 g/mol. The molecule has 0 spiro atoms. The van der Waals surface area contributed by atoms with E-state index in [0.29, 0.717) is 11.3 Å². The second-order valence-corrected chi connectivity index (χ2v) is 3.47. The molecule has 0 aromatic carbocycles. The molecule has 0 bridgehead atoms. The Balaban J connectivity index is 2.15. The molecule has 1 atom stereocenters. The van der Waals surface area contributed by atoms with E-state index in [0.717, 1.165) is 18.6 Å². The van der Waals surface area contributed by atoms with Gasteiger partial charge in [-0.1, -0.05) is 17.7 Å². The molecule has 1 aromatic heterocycles. The Kier molecular flexibility index (Phi) is 2.03. The van der Waals surface area contributed by atoms with Crippen molar-refractivity contribution < 1.29 is 4.74 Å². The minimum Gasteiger partial charge on any atom is -0.373 e. The van der Waals surface area contributed by atoms with E-state index < -0.39 is 0 Å². The predicted molar refractivity (Wildman–Crippen MR) is 47.4 cm³/mol.